The molecule has 0 spiro atoms. The molecule has 0 fully saturated rings. The smallest absolute Gasteiger partial charge is 0.155 e. The zero-order valence-electron chi connectivity index (χ0n) is 14.2. The number of nitrogens with one attached hydrogen (secondary N) is 1. The monoisotopic (exact) mass is 306 g/mol. The quantitative estimate of drug-likeness (QED) is 0.813. The van der Waals surface area contributed by atoms with Gasteiger partial charge in [-0.25, -0.2) is 0 Å². The van der Waals surface area contributed by atoms with Crippen LogP contribution in [0.2, 0.25) is 0 Å². The lowest BCUT2D eigenvalue weighted by Crippen LogP contribution is -2.51. The number of phenols is 1. The van der Waals surface area contributed by atoms with Crippen molar-refractivity contribution in [2.75, 3.05) is 0 Å². The van der Waals surface area contributed by atoms with Gasteiger partial charge in [0, 0.05) is 11.0 Å². The van der Waals surface area contributed by atoms with Crippen molar-refractivity contribution in [2.45, 2.75) is 59.5 Å². The highest BCUT2D eigenvalue weighted by Crippen LogP contribution is 2.28. The highest BCUT2D eigenvalue weighted by atomic mass is 16.3. The van der Waals surface area contributed by atoms with E-state index in [2.05, 4.69) is 10.5 Å². The van der Waals surface area contributed by atoms with Crippen LogP contribution in [0.4, 0.5) is 5.69 Å². The van der Waals surface area contributed by atoms with Gasteiger partial charge in [0.2, 0.25) is 0 Å². The lowest BCUT2D eigenvalue weighted by atomic mass is 9.83. The van der Waals surface area contributed by atoms with Crippen LogP contribution in [0.3, 0.4) is 0 Å². The number of ketones is 1. The standard InChI is InChI=1S/C17H26N2O3/c1-16(2,3)15(21)13(18-17(4,5)6)10-11-7-8-14(20)12(9-11)19-22/h7-9,13,18,20H,10H2,1-6H3. The molecule has 0 heterocycles. The number of benzene rings is 1. The third kappa shape index (κ3) is 5.22. The van der Waals surface area contributed by atoms with Crippen LogP contribution in [-0.2, 0) is 11.2 Å². The molecule has 0 bridgehead atoms. The summed E-state index contributed by atoms with van der Waals surface area (Å²) >= 11 is 0. The lowest BCUT2D eigenvalue weighted by molar-refractivity contribution is -0.128. The number of carbonyl (C=O) groups excluding carboxylic acids is 1. The number of phenolic OH excluding ortho intramolecular Hbond substituents is 1. The first-order chi connectivity index (χ1) is 9.94. The van der Waals surface area contributed by atoms with Crippen LogP contribution in [0.15, 0.2) is 23.4 Å². The molecule has 2 N–H and O–H groups in total. The summed E-state index contributed by atoms with van der Waals surface area (Å²) in [4.78, 5) is 23.4. The third-order valence-electron chi connectivity index (χ3n) is 3.24. The Morgan fingerprint density at radius 2 is 1.82 bits per heavy atom. The Kier molecular flexibility index (Phi) is 5.46. The minimum absolute atomic E-state index is 0.00443. The summed E-state index contributed by atoms with van der Waals surface area (Å²) in [6, 6.07) is 4.29. The number of nitrogens with zero attached hydrogens (tertiary/aromatic N) is 1. The van der Waals surface area contributed by atoms with Gasteiger partial charge in [-0.2, -0.15) is 0 Å². The molecule has 5 nitrogen and oxygen atoms in total. The molecule has 1 rings (SSSR count). The first kappa shape index (κ1) is 18.3. The summed E-state index contributed by atoms with van der Waals surface area (Å²) in [5.74, 6) is -0.0441. The number of aromatic hydroxyl groups is 1. The second-order valence-corrected chi connectivity index (χ2v) is 7.68. The van der Waals surface area contributed by atoms with E-state index in [9.17, 15) is 14.8 Å². The summed E-state index contributed by atoms with van der Waals surface area (Å²) in [5.41, 5.74) is 0.0989. The Hall–Kier alpha value is -1.75. The van der Waals surface area contributed by atoms with Crippen LogP contribution >= 0.6 is 0 Å². The van der Waals surface area contributed by atoms with Gasteiger partial charge >= 0.3 is 0 Å². The molecular weight excluding hydrogens is 280 g/mol. The van der Waals surface area contributed by atoms with Crippen molar-refractivity contribution < 1.29 is 9.90 Å². The fourth-order valence-electron chi connectivity index (χ4n) is 2.26. The maximum atomic E-state index is 12.7. The van der Waals surface area contributed by atoms with Gasteiger partial charge in [-0.1, -0.05) is 26.8 Å². The van der Waals surface area contributed by atoms with E-state index in [1.807, 2.05) is 41.5 Å². The van der Waals surface area contributed by atoms with Crippen molar-refractivity contribution in [1.29, 1.82) is 0 Å². The molecule has 0 radical (unpaired) electrons. The predicted molar refractivity (Wildman–Crippen MR) is 88.4 cm³/mol. The number of Topliss-reactive ketones (excluding diaryl/α,β-unsaturated/α-hetero) is 1. The molecule has 122 valence electrons. The zero-order valence-corrected chi connectivity index (χ0v) is 14.2. The molecular formula is C17H26N2O3. The zero-order chi connectivity index (χ0) is 17.1. The molecule has 5 heteroatoms. The molecule has 0 saturated carbocycles. The molecule has 22 heavy (non-hydrogen) atoms. The average molecular weight is 306 g/mol. The van der Waals surface area contributed by atoms with Crippen molar-refractivity contribution >= 4 is 11.5 Å². The Morgan fingerprint density at radius 1 is 1.23 bits per heavy atom. The summed E-state index contributed by atoms with van der Waals surface area (Å²) in [6.07, 6.45) is 0.441. The Balaban J connectivity index is 3.08. The van der Waals surface area contributed by atoms with E-state index in [-0.39, 0.29) is 28.8 Å². The molecule has 1 aromatic rings. The van der Waals surface area contributed by atoms with Crippen LogP contribution in [0.5, 0.6) is 5.75 Å². The van der Waals surface area contributed by atoms with Crippen molar-refractivity contribution in [3.05, 3.63) is 28.7 Å². The van der Waals surface area contributed by atoms with Gasteiger partial charge in [-0.05, 0) is 50.1 Å². The lowest BCUT2D eigenvalue weighted by Gasteiger charge is -2.32. The Morgan fingerprint density at radius 3 is 2.27 bits per heavy atom. The third-order valence-corrected chi connectivity index (χ3v) is 3.24. The summed E-state index contributed by atoms with van der Waals surface area (Å²) in [5, 5.41) is 15.7. The largest absolute Gasteiger partial charge is 0.506 e. The second kappa shape index (κ2) is 6.57. The van der Waals surface area contributed by atoms with Gasteiger partial charge < -0.3 is 10.4 Å². The van der Waals surface area contributed by atoms with E-state index < -0.39 is 5.41 Å². The summed E-state index contributed by atoms with van der Waals surface area (Å²) in [6.45, 7) is 11.7. The van der Waals surface area contributed by atoms with Crippen LogP contribution in [0, 0.1) is 10.3 Å². The Bertz CT molecular complexity index is 554. The van der Waals surface area contributed by atoms with E-state index in [0.29, 0.717) is 6.42 Å². The van der Waals surface area contributed by atoms with Crippen molar-refractivity contribution in [3.63, 3.8) is 0 Å². The summed E-state index contributed by atoms with van der Waals surface area (Å²) < 4.78 is 0. The van der Waals surface area contributed by atoms with Crippen molar-refractivity contribution in [2.24, 2.45) is 10.6 Å². The molecule has 0 aromatic heterocycles. The minimum Gasteiger partial charge on any atom is -0.506 e. The molecule has 1 aromatic carbocycles. The molecule has 1 unspecified atom stereocenters. The van der Waals surface area contributed by atoms with Gasteiger partial charge in [0.1, 0.15) is 11.4 Å². The molecule has 1 atom stereocenters. The first-order valence-corrected chi connectivity index (χ1v) is 7.41. The normalized spacial score (nSPS) is 13.7. The van der Waals surface area contributed by atoms with Crippen molar-refractivity contribution in [1.82, 2.24) is 5.32 Å². The number of hydrogen-bond donors (Lipinski definition) is 2. The fourth-order valence-corrected chi connectivity index (χ4v) is 2.26. The predicted octanol–water partition coefficient (Wildman–Crippen LogP) is 3.70. The summed E-state index contributed by atoms with van der Waals surface area (Å²) in [7, 11) is 0. The van der Waals surface area contributed by atoms with Gasteiger partial charge in [0.25, 0.3) is 0 Å². The van der Waals surface area contributed by atoms with Crippen molar-refractivity contribution in [3.8, 4) is 5.75 Å². The molecule has 0 aliphatic rings. The molecule has 0 saturated heterocycles. The van der Waals surface area contributed by atoms with Gasteiger partial charge in [-0.15, -0.1) is 4.91 Å². The van der Waals surface area contributed by atoms with E-state index in [0.717, 1.165) is 5.56 Å². The van der Waals surface area contributed by atoms with E-state index >= 15 is 0 Å². The SMILES string of the molecule is CC(C)(C)NC(Cc1ccc(O)c(N=O)c1)C(=O)C(C)(C)C. The van der Waals surface area contributed by atoms with Gasteiger partial charge in [0.15, 0.2) is 5.78 Å². The van der Waals surface area contributed by atoms with Crippen LogP contribution in [-0.4, -0.2) is 22.5 Å². The topological polar surface area (TPSA) is 78.8 Å². The van der Waals surface area contributed by atoms with Gasteiger partial charge in [0.05, 0.1) is 6.04 Å². The number of rotatable bonds is 5. The number of carbonyl (C=O) groups is 1. The molecule has 0 amide bonds. The van der Waals surface area contributed by atoms with E-state index in [1.54, 1.807) is 6.07 Å². The maximum Gasteiger partial charge on any atom is 0.155 e. The number of nitroso groups, excluding NO2 is 1. The van der Waals surface area contributed by atoms with Crippen LogP contribution in [0.25, 0.3) is 0 Å². The van der Waals surface area contributed by atoms with E-state index in [1.165, 1.54) is 12.1 Å². The Labute approximate surface area is 132 Å². The first-order valence-electron chi connectivity index (χ1n) is 7.41. The molecule has 0 aliphatic carbocycles. The van der Waals surface area contributed by atoms with Crippen LogP contribution in [0.1, 0.15) is 47.1 Å². The number of hydrogen-bond acceptors (Lipinski definition) is 5. The highest BCUT2D eigenvalue weighted by Gasteiger charge is 2.32. The highest BCUT2D eigenvalue weighted by molar-refractivity contribution is 5.89. The molecule has 0 aliphatic heterocycles. The van der Waals surface area contributed by atoms with E-state index in [4.69, 9.17) is 0 Å². The maximum absolute atomic E-state index is 12.7. The second-order valence-electron chi connectivity index (χ2n) is 7.68. The van der Waals surface area contributed by atoms with Crippen LogP contribution < -0.4 is 5.32 Å². The van der Waals surface area contributed by atoms with Gasteiger partial charge in [-0.3, -0.25) is 4.79 Å². The minimum atomic E-state index is -0.467. The fraction of sp³-hybridized carbons (Fsp3) is 0.588. The average Bonchev–Trinajstić information content (AvgIpc) is 2.36.